The molecule has 8 heteroatoms. The zero-order chi connectivity index (χ0) is 14.9. The van der Waals surface area contributed by atoms with Crippen LogP contribution in [0.5, 0.6) is 0 Å². The smallest absolute Gasteiger partial charge is 0.335 e. The fourth-order valence-corrected chi connectivity index (χ4v) is 2.80. The van der Waals surface area contributed by atoms with Crippen molar-refractivity contribution in [2.45, 2.75) is 16.8 Å². The first-order valence-electron chi connectivity index (χ1n) is 5.59. The van der Waals surface area contributed by atoms with Gasteiger partial charge in [0.2, 0.25) is 0 Å². The molecule has 0 spiro atoms. The Kier molecular flexibility index (Phi) is 3.75. The monoisotopic (exact) mass is 293 g/mol. The highest BCUT2D eigenvalue weighted by Crippen LogP contribution is 2.36. The number of benzene rings is 1. The molecular weight excluding hydrogens is 282 g/mol. The van der Waals surface area contributed by atoms with Crippen LogP contribution in [0.15, 0.2) is 34.2 Å². The van der Waals surface area contributed by atoms with Crippen molar-refractivity contribution in [2.24, 2.45) is 7.05 Å². The second kappa shape index (κ2) is 5.33. The van der Waals surface area contributed by atoms with Gasteiger partial charge < -0.3 is 5.11 Å². The summed E-state index contributed by atoms with van der Waals surface area (Å²) in [5.41, 5.74) is 0.407. The summed E-state index contributed by atoms with van der Waals surface area (Å²) in [5.74, 6) is -1.04. The van der Waals surface area contributed by atoms with Crippen molar-refractivity contribution in [1.29, 1.82) is 0 Å². The van der Waals surface area contributed by atoms with Crippen LogP contribution >= 0.6 is 11.8 Å². The molecule has 0 atom stereocenters. The Balaban J connectivity index is 2.42. The van der Waals surface area contributed by atoms with Crippen LogP contribution in [-0.2, 0) is 7.05 Å². The Morgan fingerprint density at radius 1 is 1.50 bits per heavy atom. The number of nitro groups is 1. The molecule has 1 aromatic heterocycles. The standard InChI is InChI=1S/C12H11N3O4S/c1-7-10(15(18)19)11(14(2)13-7)20-9-5-3-4-8(6-9)12(16)17/h3-6H,1-2H3,(H,16,17). The van der Waals surface area contributed by atoms with Crippen LogP contribution in [0.25, 0.3) is 0 Å². The number of hydrogen-bond acceptors (Lipinski definition) is 5. The summed E-state index contributed by atoms with van der Waals surface area (Å²) in [6, 6.07) is 6.23. The highest BCUT2D eigenvalue weighted by Gasteiger charge is 2.24. The lowest BCUT2D eigenvalue weighted by molar-refractivity contribution is -0.388. The van der Waals surface area contributed by atoms with E-state index in [0.29, 0.717) is 15.6 Å². The minimum atomic E-state index is -1.04. The zero-order valence-electron chi connectivity index (χ0n) is 10.7. The molecule has 0 saturated carbocycles. The molecule has 0 radical (unpaired) electrons. The number of carbonyl (C=O) groups is 1. The Labute approximate surface area is 118 Å². The second-order valence-corrected chi connectivity index (χ2v) is 5.12. The molecule has 0 aliphatic heterocycles. The van der Waals surface area contributed by atoms with E-state index in [2.05, 4.69) is 5.10 Å². The molecule has 2 aromatic rings. The topological polar surface area (TPSA) is 98.3 Å². The lowest BCUT2D eigenvalue weighted by atomic mass is 10.2. The summed E-state index contributed by atoms with van der Waals surface area (Å²) in [7, 11) is 1.61. The largest absolute Gasteiger partial charge is 0.478 e. The van der Waals surface area contributed by atoms with Crippen LogP contribution in [0.2, 0.25) is 0 Å². The number of hydrogen-bond donors (Lipinski definition) is 1. The molecule has 0 unspecified atom stereocenters. The predicted octanol–water partition coefficient (Wildman–Crippen LogP) is 2.49. The molecule has 0 bridgehead atoms. The van der Waals surface area contributed by atoms with Gasteiger partial charge in [0, 0.05) is 11.9 Å². The van der Waals surface area contributed by atoms with Crippen LogP contribution in [0.1, 0.15) is 16.1 Å². The van der Waals surface area contributed by atoms with Gasteiger partial charge in [0.15, 0.2) is 5.03 Å². The van der Waals surface area contributed by atoms with E-state index in [1.54, 1.807) is 26.1 Å². The lowest BCUT2D eigenvalue weighted by Gasteiger charge is -2.03. The highest BCUT2D eigenvalue weighted by molar-refractivity contribution is 7.99. The first-order valence-corrected chi connectivity index (χ1v) is 6.41. The summed E-state index contributed by atoms with van der Waals surface area (Å²) in [5, 5.41) is 24.4. The van der Waals surface area contributed by atoms with E-state index in [1.807, 2.05) is 0 Å². The molecule has 1 heterocycles. The lowest BCUT2D eigenvalue weighted by Crippen LogP contribution is -1.97. The molecule has 0 aliphatic carbocycles. The van der Waals surface area contributed by atoms with Crippen molar-refractivity contribution in [3.05, 3.63) is 45.6 Å². The van der Waals surface area contributed by atoms with Crippen molar-refractivity contribution in [3.8, 4) is 0 Å². The summed E-state index contributed by atoms with van der Waals surface area (Å²) in [4.78, 5) is 22.1. The van der Waals surface area contributed by atoms with Crippen molar-refractivity contribution in [2.75, 3.05) is 0 Å². The average molecular weight is 293 g/mol. The van der Waals surface area contributed by atoms with Crippen molar-refractivity contribution in [3.63, 3.8) is 0 Å². The maximum Gasteiger partial charge on any atom is 0.335 e. The van der Waals surface area contributed by atoms with Crippen LogP contribution in [0.4, 0.5) is 5.69 Å². The Morgan fingerprint density at radius 2 is 2.20 bits per heavy atom. The van der Waals surface area contributed by atoms with Gasteiger partial charge in [-0.3, -0.25) is 14.8 Å². The molecule has 1 N–H and O–H groups in total. The number of aromatic carboxylic acids is 1. The third-order valence-corrected chi connectivity index (χ3v) is 3.76. The predicted molar refractivity (Wildman–Crippen MR) is 72.1 cm³/mol. The minimum Gasteiger partial charge on any atom is -0.478 e. The Morgan fingerprint density at radius 3 is 2.80 bits per heavy atom. The Bertz CT molecular complexity index is 696. The maximum atomic E-state index is 11.1. The highest BCUT2D eigenvalue weighted by atomic mass is 32.2. The summed E-state index contributed by atoms with van der Waals surface area (Å²) in [6.45, 7) is 1.57. The molecule has 0 saturated heterocycles. The molecule has 0 fully saturated rings. The summed E-state index contributed by atoms with van der Waals surface area (Å²) < 4.78 is 1.42. The van der Waals surface area contributed by atoms with E-state index >= 15 is 0 Å². The van der Waals surface area contributed by atoms with Gasteiger partial charge in [0.1, 0.15) is 5.69 Å². The summed E-state index contributed by atoms with van der Waals surface area (Å²) >= 11 is 1.12. The SMILES string of the molecule is Cc1nn(C)c(Sc2cccc(C(=O)O)c2)c1[N+](=O)[O-]. The molecule has 0 aliphatic rings. The zero-order valence-corrected chi connectivity index (χ0v) is 11.5. The van der Waals surface area contributed by atoms with Gasteiger partial charge in [-0.05, 0) is 25.1 Å². The van der Waals surface area contributed by atoms with Gasteiger partial charge in [-0.25, -0.2) is 4.79 Å². The average Bonchev–Trinajstić information content (AvgIpc) is 2.64. The number of aromatic nitrogens is 2. The molecule has 104 valence electrons. The fraction of sp³-hybridized carbons (Fsp3) is 0.167. The Hall–Kier alpha value is -2.35. The van der Waals surface area contributed by atoms with E-state index in [9.17, 15) is 14.9 Å². The molecule has 0 amide bonds. The van der Waals surface area contributed by atoms with Gasteiger partial charge in [-0.15, -0.1) is 0 Å². The first kappa shape index (κ1) is 14.1. The number of nitrogens with zero attached hydrogens (tertiary/aromatic N) is 3. The number of aryl methyl sites for hydroxylation is 2. The van der Waals surface area contributed by atoms with E-state index in [4.69, 9.17) is 5.11 Å². The van der Waals surface area contributed by atoms with E-state index < -0.39 is 10.9 Å². The molecular formula is C12H11N3O4S. The fourth-order valence-electron chi connectivity index (χ4n) is 1.75. The maximum absolute atomic E-state index is 11.1. The molecule has 2 rings (SSSR count). The van der Waals surface area contributed by atoms with Gasteiger partial charge >= 0.3 is 11.7 Å². The number of carboxylic acids is 1. The van der Waals surface area contributed by atoms with E-state index in [0.717, 1.165) is 11.8 Å². The second-order valence-electron chi connectivity index (χ2n) is 4.05. The van der Waals surface area contributed by atoms with E-state index in [-0.39, 0.29) is 11.3 Å². The van der Waals surface area contributed by atoms with Crippen LogP contribution < -0.4 is 0 Å². The van der Waals surface area contributed by atoms with Gasteiger partial charge in [0.25, 0.3) is 0 Å². The van der Waals surface area contributed by atoms with Crippen LogP contribution in [0.3, 0.4) is 0 Å². The number of rotatable bonds is 4. The van der Waals surface area contributed by atoms with Gasteiger partial charge in [-0.2, -0.15) is 5.10 Å². The summed E-state index contributed by atoms with van der Waals surface area (Å²) in [6.07, 6.45) is 0. The molecule has 20 heavy (non-hydrogen) atoms. The molecule has 1 aromatic carbocycles. The third kappa shape index (κ3) is 2.64. The van der Waals surface area contributed by atoms with Crippen LogP contribution in [-0.4, -0.2) is 25.8 Å². The number of carboxylic acid groups (broad SMARTS) is 1. The van der Waals surface area contributed by atoms with Crippen molar-refractivity contribution in [1.82, 2.24) is 9.78 Å². The van der Waals surface area contributed by atoms with Crippen molar-refractivity contribution < 1.29 is 14.8 Å². The third-order valence-electron chi connectivity index (χ3n) is 2.62. The molecule has 7 nitrogen and oxygen atoms in total. The minimum absolute atomic E-state index is 0.0572. The quantitative estimate of drug-likeness (QED) is 0.687. The van der Waals surface area contributed by atoms with Gasteiger partial charge in [-0.1, -0.05) is 17.8 Å². The van der Waals surface area contributed by atoms with Gasteiger partial charge in [0.05, 0.1) is 10.5 Å². The first-order chi connectivity index (χ1) is 9.40. The van der Waals surface area contributed by atoms with Crippen LogP contribution in [0, 0.1) is 17.0 Å². The normalized spacial score (nSPS) is 10.5. The van der Waals surface area contributed by atoms with E-state index in [1.165, 1.54) is 16.8 Å². The van der Waals surface area contributed by atoms with Crippen molar-refractivity contribution >= 4 is 23.4 Å².